The number of nitrogens with zero attached hydrogens (tertiary/aromatic N) is 2. The Morgan fingerprint density at radius 3 is 2.84 bits per heavy atom. The maximum Gasteiger partial charge on any atom is 0.451 e. The summed E-state index contributed by atoms with van der Waals surface area (Å²) in [7, 11) is 0. The lowest BCUT2D eigenvalue weighted by Gasteiger charge is -2.12. The van der Waals surface area contributed by atoms with Crippen molar-refractivity contribution in [3.63, 3.8) is 0 Å². The molecule has 4 nitrogen and oxygen atoms in total. The SMILES string of the molecule is FC(F)(F)c1nc(Cl)cc(NCCC2CCCO2)n1. The second-order valence-electron chi connectivity index (χ2n) is 4.25. The van der Waals surface area contributed by atoms with Crippen LogP contribution in [0.3, 0.4) is 0 Å². The average molecular weight is 296 g/mol. The van der Waals surface area contributed by atoms with E-state index in [2.05, 4.69) is 15.3 Å². The minimum absolute atomic E-state index is 0.0744. The van der Waals surface area contributed by atoms with Gasteiger partial charge in [-0.25, -0.2) is 9.97 Å². The minimum atomic E-state index is -4.60. The van der Waals surface area contributed by atoms with E-state index < -0.39 is 12.0 Å². The molecule has 0 aliphatic carbocycles. The maximum absolute atomic E-state index is 12.5. The zero-order valence-electron chi connectivity index (χ0n) is 10.0. The van der Waals surface area contributed by atoms with Gasteiger partial charge in [0.1, 0.15) is 11.0 Å². The Labute approximate surface area is 113 Å². The summed E-state index contributed by atoms with van der Waals surface area (Å²) < 4.78 is 42.9. The number of anilines is 1. The summed E-state index contributed by atoms with van der Waals surface area (Å²) >= 11 is 5.55. The van der Waals surface area contributed by atoms with Gasteiger partial charge >= 0.3 is 6.18 Å². The highest BCUT2D eigenvalue weighted by Crippen LogP contribution is 2.28. The van der Waals surface area contributed by atoms with Crippen molar-refractivity contribution in [2.75, 3.05) is 18.5 Å². The van der Waals surface area contributed by atoms with Crippen LogP contribution in [0.25, 0.3) is 0 Å². The summed E-state index contributed by atoms with van der Waals surface area (Å²) in [5.41, 5.74) is 0. The van der Waals surface area contributed by atoms with Crippen LogP contribution in [0.4, 0.5) is 19.0 Å². The molecule has 2 heterocycles. The van der Waals surface area contributed by atoms with Crippen molar-refractivity contribution >= 4 is 17.4 Å². The molecule has 0 bridgehead atoms. The molecule has 1 aliphatic rings. The Morgan fingerprint density at radius 1 is 1.42 bits per heavy atom. The molecule has 1 N–H and O–H groups in total. The van der Waals surface area contributed by atoms with Crippen molar-refractivity contribution in [2.24, 2.45) is 0 Å². The number of nitrogens with one attached hydrogen (secondary N) is 1. The van der Waals surface area contributed by atoms with Crippen molar-refractivity contribution in [1.29, 1.82) is 0 Å². The normalized spacial score (nSPS) is 19.7. The monoisotopic (exact) mass is 295 g/mol. The van der Waals surface area contributed by atoms with Crippen molar-refractivity contribution in [2.45, 2.75) is 31.5 Å². The molecule has 2 rings (SSSR count). The van der Waals surface area contributed by atoms with Gasteiger partial charge in [-0.15, -0.1) is 0 Å². The molecule has 0 amide bonds. The van der Waals surface area contributed by atoms with Crippen molar-refractivity contribution in [3.8, 4) is 0 Å². The van der Waals surface area contributed by atoms with Gasteiger partial charge < -0.3 is 10.1 Å². The van der Waals surface area contributed by atoms with Crippen LogP contribution in [0.2, 0.25) is 5.15 Å². The third kappa shape index (κ3) is 4.21. The van der Waals surface area contributed by atoms with Gasteiger partial charge in [-0.05, 0) is 19.3 Å². The Bertz CT molecular complexity index is 436. The number of halogens is 4. The fraction of sp³-hybridized carbons (Fsp3) is 0.636. The molecule has 0 saturated carbocycles. The van der Waals surface area contributed by atoms with Crippen LogP contribution in [0, 0.1) is 0 Å². The van der Waals surface area contributed by atoms with Crippen LogP contribution >= 0.6 is 11.6 Å². The van der Waals surface area contributed by atoms with Crippen LogP contribution in [-0.4, -0.2) is 29.2 Å². The second-order valence-corrected chi connectivity index (χ2v) is 4.64. The van der Waals surface area contributed by atoms with E-state index in [1.165, 1.54) is 6.07 Å². The first-order chi connectivity index (χ1) is 8.95. The van der Waals surface area contributed by atoms with E-state index in [1.807, 2.05) is 0 Å². The predicted octanol–water partition coefficient (Wildman–Crippen LogP) is 3.13. The highest BCUT2D eigenvalue weighted by atomic mass is 35.5. The Hall–Kier alpha value is -1.08. The van der Waals surface area contributed by atoms with Gasteiger partial charge in [-0.2, -0.15) is 13.2 Å². The van der Waals surface area contributed by atoms with Crippen LogP contribution in [-0.2, 0) is 10.9 Å². The van der Waals surface area contributed by atoms with Crippen molar-refractivity contribution < 1.29 is 17.9 Å². The fourth-order valence-corrected chi connectivity index (χ4v) is 2.05. The van der Waals surface area contributed by atoms with Gasteiger partial charge in [0.05, 0.1) is 6.10 Å². The zero-order chi connectivity index (χ0) is 13.9. The standard InChI is InChI=1S/C11H13ClF3N3O/c12-8-6-9(18-10(17-8)11(13,14)15)16-4-3-7-2-1-5-19-7/h6-7H,1-5H2,(H,16,17,18). The highest BCUT2D eigenvalue weighted by molar-refractivity contribution is 6.29. The average Bonchev–Trinajstić information content (AvgIpc) is 2.80. The molecule has 106 valence electrons. The van der Waals surface area contributed by atoms with Gasteiger partial charge in [0.2, 0.25) is 5.82 Å². The van der Waals surface area contributed by atoms with E-state index in [9.17, 15) is 13.2 Å². The Morgan fingerprint density at radius 2 is 2.21 bits per heavy atom. The highest BCUT2D eigenvalue weighted by Gasteiger charge is 2.35. The van der Waals surface area contributed by atoms with Gasteiger partial charge in [-0.3, -0.25) is 0 Å². The molecule has 1 aromatic rings. The lowest BCUT2D eigenvalue weighted by molar-refractivity contribution is -0.144. The number of aromatic nitrogens is 2. The number of rotatable bonds is 4. The first kappa shape index (κ1) is 14.3. The fourth-order valence-electron chi connectivity index (χ4n) is 1.87. The van der Waals surface area contributed by atoms with Crippen molar-refractivity contribution in [3.05, 3.63) is 17.0 Å². The lowest BCUT2D eigenvalue weighted by atomic mass is 10.2. The largest absolute Gasteiger partial charge is 0.451 e. The molecule has 1 aromatic heterocycles. The van der Waals surface area contributed by atoms with Crippen LogP contribution in [0.5, 0.6) is 0 Å². The van der Waals surface area contributed by atoms with Crippen LogP contribution in [0.1, 0.15) is 25.1 Å². The number of hydrogen-bond donors (Lipinski definition) is 1. The Balaban J connectivity index is 1.94. The van der Waals surface area contributed by atoms with Gasteiger partial charge in [0, 0.05) is 19.2 Å². The molecular weight excluding hydrogens is 283 g/mol. The first-order valence-electron chi connectivity index (χ1n) is 5.92. The Kier molecular flexibility index (Phi) is 4.46. The van der Waals surface area contributed by atoms with E-state index in [4.69, 9.17) is 16.3 Å². The van der Waals surface area contributed by atoms with E-state index in [0.29, 0.717) is 6.54 Å². The van der Waals surface area contributed by atoms with Crippen molar-refractivity contribution in [1.82, 2.24) is 9.97 Å². The molecule has 1 fully saturated rings. The second kappa shape index (κ2) is 5.92. The third-order valence-corrected chi connectivity index (χ3v) is 2.94. The predicted molar refractivity (Wildman–Crippen MR) is 64.1 cm³/mol. The molecule has 0 radical (unpaired) electrons. The zero-order valence-corrected chi connectivity index (χ0v) is 10.8. The number of ether oxygens (including phenoxy) is 1. The molecule has 1 unspecified atom stereocenters. The molecule has 1 aliphatic heterocycles. The third-order valence-electron chi connectivity index (χ3n) is 2.74. The van der Waals surface area contributed by atoms with Crippen LogP contribution < -0.4 is 5.32 Å². The number of alkyl halides is 3. The minimum Gasteiger partial charge on any atom is -0.378 e. The molecule has 8 heteroatoms. The maximum atomic E-state index is 12.5. The lowest BCUT2D eigenvalue weighted by Crippen LogP contribution is -2.16. The molecule has 0 spiro atoms. The van der Waals surface area contributed by atoms with E-state index in [-0.39, 0.29) is 17.1 Å². The first-order valence-corrected chi connectivity index (χ1v) is 6.30. The number of hydrogen-bond acceptors (Lipinski definition) is 4. The molecule has 1 atom stereocenters. The molecule has 19 heavy (non-hydrogen) atoms. The summed E-state index contributed by atoms with van der Waals surface area (Å²) in [6.45, 7) is 1.23. The van der Waals surface area contributed by atoms with E-state index in [0.717, 1.165) is 25.9 Å². The van der Waals surface area contributed by atoms with Gasteiger partial charge in [0.15, 0.2) is 0 Å². The summed E-state index contributed by atoms with van der Waals surface area (Å²) in [6.07, 6.45) is -1.69. The molecule has 1 saturated heterocycles. The molecule has 0 aromatic carbocycles. The summed E-state index contributed by atoms with van der Waals surface area (Å²) in [4.78, 5) is 6.55. The molecular formula is C11H13ClF3N3O. The van der Waals surface area contributed by atoms with E-state index in [1.54, 1.807) is 0 Å². The topological polar surface area (TPSA) is 47.0 Å². The quantitative estimate of drug-likeness (QED) is 0.867. The smallest absolute Gasteiger partial charge is 0.378 e. The van der Waals surface area contributed by atoms with Gasteiger partial charge in [0.25, 0.3) is 0 Å². The van der Waals surface area contributed by atoms with E-state index >= 15 is 0 Å². The summed E-state index contributed by atoms with van der Waals surface area (Å²) in [6, 6.07) is 1.27. The summed E-state index contributed by atoms with van der Waals surface area (Å²) in [5.74, 6) is -1.16. The van der Waals surface area contributed by atoms with Crippen LogP contribution in [0.15, 0.2) is 6.07 Å². The van der Waals surface area contributed by atoms with Gasteiger partial charge in [-0.1, -0.05) is 11.6 Å². The summed E-state index contributed by atoms with van der Waals surface area (Å²) in [5, 5.41) is 2.57.